The van der Waals surface area contributed by atoms with E-state index in [4.69, 9.17) is 4.18 Å². The maximum Gasteiger partial charge on any atom is 0.297 e. The Hall–Kier alpha value is -1.46. The van der Waals surface area contributed by atoms with Gasteiger partial charge in [0, 0.05) is 6.42 Å². The summed E-state index contributed by atoms with van der Waals surface area (Å²) in [6, 6.07) is 1.84. The molecule has 0 atom stereocenters. The number of carbonyl (C=O) groups excluding carboxylic acids is 1. The largest absolute Gasteiger partial charge is 0.297 e. The molecule has 0 N–H and O–H groups in total. The summed E-state index contributed by atoms with van der Waals surface area (Å²) in [4.78, 5) is 12.2. The number of aryl methyl sites for hydroxylation is 2. The van der Waals surface area contributed by atoms with Crippen LogP contribution in [0.4, 0.5) is 0 Å². The van der Waals surface area contributed by atoms with Crippen LogP contribution >= 0.6 is 0 Å². The zero-order valence-electron chi connectivity index (χ0n) is 17.3. The molecular weight excluding hydrogens is 360 g/mol. The molecule has 0 saturated heterocycles. The van der Waals surface area contributed by atoms with E-state index in [1.807, 2.05) is 26.0 Å². The van der Waals surface area contributed by atoms with Crippen molar-refractivity contribution in [1.82, 2.24) is 0 Å². The summed E-state index contributed by atoms with van der Waals surface area (Å²) in [5.74, 6) is -0.163. The number of carbonyl (C=O) groups is 1. The van der Waals surface area contributed by atoms with Gasteiger partial charge in [0.2, 0.25) is 0 Å². The standard InChI is InChI=1S/C22H34O4S/c1-6-7-8-9-10-11-12-13-14-21(23)16-26-27(24,25)22-18(3)15-17(2)19(4)20(22)5/h6,15H,1,7-14,16H2,2-5H3. The van der Waals surface area contributed by atoms with Gasteiger partial charge in [0.15, 0.2) is 5.78 Å². The van der Waals surface area contributed by atoms with Crippen LogP contribution in [0.2, 0.25) is 0 Å². The van der Waals surface area contributed by atoms with Gasteiger partial charge in [-0.1, -0.05) is 37.8 Å². The summed E-state index contributed by atoms with van der Waals surface area (Å²) in [5.41, 5.74) is 3.32. The monoisotopic (exact) mass is 394 g/mol. The summed E-state index contributed by atoms with van der Waals surface area (Å²) >= 11 is 0. The van der Waals surface area contributed by atoms with Gasteiger partial charge in [-0.3, -0.25) is 8.98 Å². The molecule has 0 saturated carbocycles. The van der Waals surface area contributed by atoms with E-state index in [0.29, 0.717) is 17.5 Å². The van der Waals surface area contributed by atoms with Gasteiger partial charge in [-0.05, 0) is 69.2 Å². The second-order valence-corrected chi connectivity index (χ2v) is 8.85. The molecule has 0 bridgehead atoms. The van der Waals surface area contributed by atoms with Crippen molar-refractivity contribution >= 4 is 15.9 Å². The number of allylic oxidation sites excluding steroid dienone is 1. The topological polar surface area (TPSA) is 60.4 Å². The number of Topliss-reactive ketones (excluding diaryl/α,β-unsaturated/α-hetero) is 1. The molecule has 0 heterocycles. The van der Waals surface area contributed by atoms with Crippen LogP contribution in [0.1, 0.15) is 73.6 Å². The van der Waals surface area contributed by atoms with Crippen LogP contribution in [0.3, 0.4) is 0 Å². The van der Waals surface area contributed by atoms with Gasteiger partial charge in [-0.25, -0.2) is 0 Å². The van der Waals surface area contributed by atoms with Crippen molar-refractivity contribution in [3.63, 3.8) is 0 Å². The molecule has 0 aromatic heterocycles. The molecule has 0 aliphatic rings. The third-order valence-electron chi connectivity index (χ3n) is 5.02. The quantitative estimate of drug-likeness (QED) is 0.252. The van der Waals surface area contributed by atoms with Crippen LogP contribution in [0.15, 0.2) is 23.6 Å². The van der Waals surface area contributed by atoms with E-state index < -0.39 is 10.1 Å². The van der Waals surface area contributed by atoms with Gasteiger partial charge in [-0.2, -0.15) is 8.42 Å². The lowest BCUT2D eigenvalue weighted by Gasteiger charge is -2.15. The highest BCUT2D eigenvalue weighted by Crippen LogP contribution is 2.27. The Morgan fingerprint density at radius 3 is 2.19 bits per heavy atom. The Morgan fingerprint density at radius 1 is 0.963 bits per heavy atom. The first kappa shape index (κ1) is 23.6. The van der Waals surface area contributed by atoms with E-state index in [0.717, 1.165) is 43.2 Å². The Morgan fingerprint density at radius 2 is 1.56 bits per heavy atom. The Bertz CT molecular complexity index is 748. The molecule has 5 heteroatoms. The van der Waals surface area contributed by atoms with Gasteiger partial charge < -0.3 is 0 Å². The fourth-order valence-corrected chi connectivity index (χ4v) is 4.62. The molecule has 0 aliphatic carbocycles. The summed E-state index contributed by atoms with van der Waals surface area (Å²) in [6.45, 7) is 10.7. The number of unbranched alkanes of at least 4 members (excludes halogenated alkanes) is 6. The van der Waals surface area contributed by atoms with Crippen LogP contribution in [-0.4, -0.2) is 20.8 Å². The predicted octanol–water partition coefficient (Wildman–Crippen LogP) is 5.50. The second-order valence-electron chi connectivity index (χ2n) is 7.29. The third-order valence-corrected chi connectivity index (χ3v) is 6.58. The third kappa shape index (κ3) is 7.59. The molecule has 1 aromatic rings. The SMILES string of the molecule is C=CCCCCCCCCC(=O)COS(=O)(=O)c1c(C)cc(C)c(C)c1C. The molecule has 0 spiro atoms. The number of hydrogen-bond acceptors (Lipinski definition) is 4. The highest BCUT2D eigenvalue weighted by atomic mass is 32.2. The van der Waals surface area contributed by atoms with Crippen LogP contribution < -0.4 is 0 Å². The normalized spacial score (nSPS) is 11.6. The van der Waals surface area contributed by atoms with Crippen LogP contribution in [0.5, 0.6) is 0 Å². The number of benzene rings is 1. The number of ketones is 1. The number of hydrogen-bond donors (Lipinski definition) is 0. The minimum absolute atomic E-state index is 0.163. The van der Waals surface area contributed by atoms with E-state index >= 15 is 0 Å². The molecule has 4 nitrogen and oxygen atoms in total. The van der Waals surface area contributed by atoms with E-state index in [9.17, 15) is 13.2 Å². The molecular formula is C22H34O4S. The lowest BCUT2D eigenvalue weighted by atomic mass is 10.0. The highest BCUT2D eigenvalue weighted by Gasteiger charge is 2.23. The van der Waals surface area contributed by atoms with E-state index in [-0.39, 0.29) is 17.3 Å². The summed E-state index contributed by atoms with van der Waals surface area (Å²) in [6.07, 6.45) is 9.77. The lowest BCUT2D eigenvalue weighted by Crippen LogP contribution is -2.17. The highest BCUT2D eigenvalue weighted by molar-refractivity contribution is 7.86. The van der Waals surface area contributed by atoms with Crippen LogP contribution in [0, 0.1) is 27.7 Å². The fraction of sp³-hybridized carbons (Fsp3) is 0.591. The molecule has 0 aliphatic heterocycles. The van der Waals surface area contributed by atoms with E-state index in [1.54, 1.807) is 13.8 Å². The average molecular weight is 395 g/mol. The summed E-state index contributed by atoms with van der Waals surface area (Å²) in [7, 11) is -3.93. The van der Waals surface area contributed by atoms with Gasteiger partial charge in [0.25, 0.3) is 10.1 Å². The summed E-state index contributed by atoms with van der Waals surface area (Å²) in [5, 5.41) is 0. The van der Waals surface area contributed by atoms with Crippen molar-refractivity contribution in [2.24, 2.45) is 0 Å². The maximum absolute atomic E-state index is 12.6. The van der Waals surface area contributed by atoms with Gasteiger partial charge >= 0.3 is 0 Å². The summed E-state index contributed by atoms with van der Waals surface area (Å²) < 4.78 is 30.2. The molecule has 27 heavy (non-hydrogen) atoms. The maximum atomic E-state index is 12.6. The minimum atomic E-state index is -3.93. The van der Waals surface area contributed by atoms with Crippen molar-refractivity contribution < 1.29 is 17.4 Å². The fourth-order valence-electron chi connectivity index (χ4n) is 3.24. The van der Waals surface area contributed by atoms with Crippen molar-refractivity contribution in [1.29, 1.82) is 0 Å². The number of rotatable bonds is 13. The average Bonchev–Trinajstić information content (AvgIpc) is 2.60. The molecule has 0 amide bonds. The van der Waals surface area contributed by atoms with Gasteiger partial charge in [0.05, 0.1) is 0 Å². The molecule has 1 aromatic carbocycles. The minimum Gasteiger partial charge on any atom is -0.297 e. The molecule has 1 rings (SSSR count). The predicted molar refractivity (Wildman–Crippen MR) is 111 cm³/mol. The van der Waals surface area contributed by atoms with Crippen molar-refractivity contribution in [2.75, 3.05) is 6.61 Å². The Kier molecular flexibility index (Phi) is 9.95. The van der Waals surface area contributed by atoms with E-state index in [1.165, 1.54) is 12.8 Å². The Balaban J connectivity index is 2.45. The smallest absolute Gasteiger partial charge is 0.297 e. The first-order valence-corrected chi connectivity index (χ1v) is 11.2. The second kappa shape index (κ2) is 11.4. The van der Waals surface area contributed by atoms with Gasteiger partial charge in [-0.15, -0.1) is 6.58 Å². The first-order valence-electron chi connectivity index (χ1n) is 9.80. The molecule has 0 unspecified atom stereocenters. The van der Waals surface area contributed by atoms with Crippen LogP contribution in [0.25, 0.3) is 0 Å². The zero-order valence-corrected chi connectivity index (χ0v) is 18.1. The van der Waals surface area contributed by atoms with Crippen molar-refractivity contribution in [2.45, 2.75) is 84.0 Å². The van der Waals surface area contributed by atoms with Gasteiger partial charge in [0.1, 0.15) is 11.5 Å². The molecule has 0 fully saturated rings. The van der Waals surface area contributed by atoms with Crippen LogP contribution in [-0.2, 0) is 19.1 Å². The van der Waals surface area contributed by atoms with E-state index in [2.05, 4.69) is 6.58 Å². The van der Waals surface area contributed by atoms with Crippen molar-refractivity contribution in [3.8, 4) is 0 Å². The molecule has 152 valence electrons. The Labute approximate surface area is 165 Å². The van der Waals surface area contributed by atoms with Crippen molar-refractivity contribution in [3.05, 3.63) is 41.0 Å². The molecule has 0 radical (unpaired) electrons. The lowest BCUT2D eigenvalue weighted by molar-refractivity contribution is -0.121. The zero-order chi connectivity index (χ0) is 20.4. The first-order chi connectivity index (χ1) is 12.7.